The van der Waals surface area contributed by atoms with Crippen molar-refractivity contribution in [3.05, 3.63) is 54.4 Å². The van der Waals surface area contributed by atoms with Gasteiger partial charge in [0.15, 0.2) is 0 Å². The van der Waals surface area contributed by atoms with E-state index in [1.165, 1.54) is 5.56 Å². The van der Waals surface area contributed by atoms with Crippen molar-refractivity contribution in [1.29, 1.82) is 0 Å². The fraction of sp³-hybridized carbons (Fsp3) is 0.526. The monoisotopic (exact) mass is 328 g/mol. The molecule has 24 heavy (non-hydrogen) atoms. The fourth-order valence-electron chi connectivity index (χ4n) is 3.38. The average molecular weight is 328 g/mol. The second-order valence-corrected chi connectivity index (χ2v) is 6.83. The Morgan fingerprint density at radius 3 is 2.88 bits per heavy atom. The van der Waals surface area contributed by atoms with Gasteiger partial charge in [-0.25, -0.2) is 0 Å². The lowest BCUT2D eigenvalue weighted by atomic mass is 10.1. The molecule has 2 N–H and O–H groups in total. The van der Waals surface area contributed by atoms with E-state index in [1.54, 1.807) is 0 Å². The third kappa shape index (κ3) is 4.90. The number of aliphatic hydroxyl groups is 1. The first kappa shape index (κ1) is 17.1. The lowest BCUT2D eigenvalue weighted by Gasteiger charge is -2.26. The fourth-order valence-corrected chi connectivity index (χ4v) is 3.38. The van der Waals surface area contributed by atoms with E-state index >= 15 is 0 Å². The van der Waals surface area contributed by atoms with Crippen LogP contribution in [-0.4, -0.2) is 51.1 Å². The van der Waals surface area contributed by atoms with Gasteiger partial charge < -0.3 is 10.4 Å². The van der Waals surface area contributed by atoms with Crippen LogP contribution in [0, 0.1) is 0 Å². The second-order valence-electron chi connectivity index (χ2n) is 6.83. The van der Waals surface area contributed by atoms with Crippen molar-refractivity contribution in [3.8, 4) is 0 Å². The van der Waals surface area contributed by atoms with Gasteiger partial charge in [-0.05, 0) is 31.4 Å². The van der Waals surface area contributed by atoms with Crippen molar-refractivity contribution in [2.75, 3.05) is 13.1 Å². The van der Waals surface area contributed by atoms with E-state index in [9.17, 15) is 5.11 Å². The van der Waals surface area contributed by atoms with Gasteiger partial charge in [0.05, 0.1) is 6.10 Å². The highest BCUT2D eigenvalue weighted by Gasteiger charge is 2.30. The summed E-state index contributed by atoms with van der Waals surface area (Å²) in [5.41, 5.74) is 1.31. The van der Waals surface area contributed by atoms with E-state index in [-0.39, 0.29) is 6.10 Å². The molecule has 1 saturated heterocycles. The molecule has 1 fully saturated rings. The molecule has 0 bridgehead atoms. The third-order valence-corrected chi connectivity index (χ3v) is 4.79. The minimum atomic E-state index is -0.208. The highest BCUT2D eigenvalue weighted by Crippen LogP contribution is 2.20. The summed E-state index contributed by atoms with van der Waals surface area (Å²) in [6, 6.07) is 13.3. The summed E-state index contributed by atoms with van der Waals surface area (Å²) < 4.78 is 1.97. The summed E-state index contributed by atoms with van der Waals surface area (Å²) in [6.45, 7) is 5.75. The topological polar surface area (TPSA) is 53.3 Å². The van der Waals surface area contributed by atoms with Gasteiger partial charge >= 0.3 is 0 Å². The molecular weight excluding hydrogens is 300 g/mol. The molecule has 0 radical (unpaired) electrons. The minimum absolute atomic E-state index is 0.208. The summed E-state index contributed by atoms with van der Waals surface area (Å²) >= 11 is 0. The lowest BCUT2D eigenvalue weighted by molar-refractivity contribution is 0.172. The van der Waals surface area contributed by atoms with Gasteiger partial charge in [-0.3, -0.25) is 9.58 Å². The molecule has 5 heteroatoms. The van der Waals surface area contributed by atoms with Crippen LogP contribution in [0.5, 0.6) is 0 Å². The quantitative estimate of drug-likeness (QED) is 0.777. The molecule has 2 aromatic rings. The first-order valence-electron chi connectivity index (χ1n) is 8.87. The van der Waals surface area contributed by atoms with Crippen LogP contribution in [0.3, 0.4) is 0 Å². The zero-order chi connectivity index (χ0) is 16.8. The van der Waals surface area contributed by atoms with E-state index in [0.29, 0.717) is 12.1 Å². The summed E-state index contributed by atoms with van der Waals surface area (Å²) in [5, 5.41) is 17.9. The number of rotatable bonds is 8. The predicted molar refractivity (Wildman–Crippen MR) is 95.6 cm³/mol. The zero-order valence-electron chi connectivity index (χ0n) is 14.4. The Labute approximate surface area is 144 Å². The van der Waals surface area contributed by atoms with Gasteiger partial charge in [0.1, 0.15) is 0 Å². The van der Waals surface area contributed by atoms with Crippen LogP contribution >= 0.6 is 0 Å². The van der Waals surface area contributed by atoms with Crippen molar-refractivity contribution in [1.82, 2.24) is 20.0 Å². The number of benzene rings is 1. The van der Waals surface area contributed by atoms with Crippen molar-refractivity contribution < 1.29 is 5.11 Å². The molecule has 1 aromatic carbocycles. The highest BCUT2D eigenvalue weighted by atomic mass is 16.3. The number of nitrogens with one attached hydrogen (secondary N) is 1. The number of aliphatic hydroxyl groups excluding tert-OH is 1. The summed E-state index contributed by atoms with van der Waals surface area (Å²) in [6.07, 6.45) is 5.52. The molecule has 3 unspecified atom stereocenters. The van der Waals surface area contributed by atoms with Gasteiger partial charge in [-0.2, -0.15) is 5.10 Å². The number of aromatic nitrogens is 2. The molecule has 1 aliphatic rings. The molecule has 130 valence electrons. The number of likely N-dealkylation sites (tertiary alicyclic amines) is 1. The molecule has 1 aliphatic heterocycles. The van der Waals surface area contributed by atoms with E-state index in [4.69, 9.17) is 0 Å². The Morgan fingerprint density at radius 2 is 2.12 bits per heavy atom. The normalized spacial score (nSPS) is 22.8. The van der Waals surface area contributed by atoms with Gasteiger partial charge in [0.2, 0.25) is 0 Å². The Bertz CT molecular complexity index is 587. The van der Waals surface area contributed by atoms with Crippen LogP contribution in [0.2, 0.25) is 0 Å². The van der Waals surface area contributed by atoms with Crippen LogP contribution in [0.1, 0.15) is 25.3 Å². The Hall–Kier alpha value is -1.69. The Kier molecular flexibility index (Phi) is 6.01. The van der Waals surface area contributed by atoms with Crippen LogP contribution in [-0.2, 0) is 13.1 Å². The van der Waals surface area contributed by atoms with E-state index in [0.717, 1.165) is 39.0 Å². The maximum atomic E-state index is 10.1. The predicted octanol–water partition coefficient (Wildman–Crippen LogP) is 1.89. The SMILES string of the molecule is CC(CCn1cccn1)NCC1CC(O)CN1Cc1ccccc1. The maximum absolute atomic E-state index is 10.1. The van der Waals surface area contributed by atoms with Gasteiger partial charge in [-0.1, -0.05) is 30.3 Å². The van der Waals surface area contributed by atoms with Crippen LogP contribution in [0.4, 0.5) is 0 Å². The van der Waals surface area contributed by atoms with Crippen LogP contribution in [0.15, 0.2) is 48.8 Å². The Balaban J connectivity index is 1.45. The molecule has 2 heterocycles. The van der Waals surface area contributed by atoms with Crippen LogP contribution in [0.25, 0.3) is 0 Å². The number of aryl methyl sites for hydroxylation is 1. The molecule has 0 aliphatic carbocycles. The molecule has 5 nitrogen and oxygen atoms in total. The van der Waals surface area contributed by atoms with Crippen molar-refractivity contribution in [3.63, 3.8) is 0 Å². The zero-order valence-corrected chi connectivity index (χ0v) is 14.4. The largest absolute Gasteiger partial charge is 0.392 e. The standard InChI is InChI=1S/C19H28N4O/c1-16(8-11-23-10-5-9-21-23)20-13-18-12-19(24)15-22(18)14-17-6-3-2-4-7-17/h2-7,9-10,16,18-20,24H,8,11-15H2,1H3. The van der Waals surface area contributed by atoms with E-state index in [1.807, 2.05) is 29.2 Å². The molecule has 0 saturated carbocycles. The van der Waals surface area contributed by atoms with E-state index < -0.39 is 0 Å². The molecule has 1 aromatic heterocycles. The molecule has 3 atom stereocenters. The molecular formula is C19H28N4O. The van der Waals surface area contributed by atoms with Crippen LogP contribution < -0.4 is 5.32 Å². The Morgan fingerprint density at radius 1 is 1.29 bits per heavy atom. The number of β-amino-alcohol motifs (C(OH)–C–C–N with tert-alkyl or cyclic N) is 1. The first-order valence-corrected chi connectivity index (χ1v) is 8.87. The number of nitrogens with zero attached hydrogens (tertiary/aromatic N) is 3. The van der Waals surface area contributed by atoms with Crippen molar-refractivity contribution in [2.45, 2.75) is 51.0 Å². The van der Waals surface area contributed by atoms with E-state index in [2.05, 4.69) is 46.5 Å². The number of hydrogen-bond acceptors (Lipinski definition) is 4. The summed E-state index contributed by atoms with van der Waals surface area (Å²) in [5.74, 6) is 0. The highest BCUT2D eigenvalue weighted by molar-refractivity contribution is 5.15. The molecule has 0 amide bonds. The first-order chi connectivity index (χ1) is 11.7. The lowest BCUT2D eigenvalue weighted by Crippen LogP contribution is -2.41. The molecule has 0 spiro atoms. The average Bonchev–Trinajstić information content (AvgIpc) is 3.22. The summed E-state index contributed by atoms with van der Waals surface area (Å²) in [4.78, 5) is 2.40. The number of hydrogen-bond donors (Lipinski definition) is 2. The smallest absolute Gasteiger partial charge is 0.0682 e. The van der Waals surface area contributed by atoms with Gasteiger partial charge in [0.25, 0.3) is 0 Å². The van der Waals surface area contributed by atoms with Crippen molar-refractivity contribution >= 4 is 0 Å². The summed E-state index contributed by atoms with van der Waals surface area (Å²) in [7, 11) is 0. The van der Waals surface area contributed by atoms with Gasteiger partial charge in [-0.15, -0.1) is 0 Å². The van der Waals surface area contributed by atoms with Crippen molar-refractivity contribution in [2.24, 2.45) is 0 Å². The minimum Gasteiger partial charge on any atom is -0.392 e. The second kappa shape index (κ2) is 8.42. The van der Waals surface area contributed by atoms with Gasteiger partial charge in [0, 0.05) is 50.7 Å². The maximum Gasteiger partial charge on any atom is 0.0682 e. The third-order valence-electron chi connectivity index (χ3n) is 4.79. The molecule has 3 rings (SSSR count).